The van der Waals surface area contributed by atoms with Crippen LogP contribution in [0.1, 0.15) is 36.8 Å². The van der Waals surface area contributed by atoms with Crippen molar-refractivity contribution in [1.29, 1.82) is 0 Å². The molecule has 116 valence electrons. The van der Waals surface area contributed by atoms with Gasteiger partial charge in [0.15, 0.2) is 0 Å². The number of carbonyl (C=O) groups is 1. The first-order valence-electron chi connectivity index (χ1n) is 7.48. The van der Waals surface area contributed by atoms with Crippen LogP contribution in [0.2, 0.25) is 0 Å². The number of aromatic nitrogens is 1. The van der Waals surface area contributed by atoms with Gasteiger partial charge in [0, 0.05) is 5.56 Å². The molecule has 0 bridgehead atoms. The summed E-state index contributed by atoms with van der Waals surface area (Å²) < 4.78 is 5.63. The summed E-state index contributed by atoms with van der Waals surface area (Å²) >= 11 is 0. The van der Waals surface area contributed by atoms with Gasteiger partial charge in [0.05, 0.1) is 23.6 Å². The lowest BCUT2D eigenvalue weighted by atomic mass is 10.0. The summed E-state index contributed by atoms with van der Waals surface area (Å²) in [7, 11) is 0. The van der Waals surface area contributed by atoms with E-state index in [0.717, 1.165) is 17.0 Å². The molecule has 0 unspecified atom stereocenters. The SMILES string of the molecule is CCOc1ccccc1-c1ccc(C(=O)O)c(CC(C)C)n1. The van der Waals surface area contributed by atoms with E-state index in [1.807, 2.05) is 45.0 Å². The van der Waals surface area contributed by atoms with Gasteiger partial charge in [0.1, 0.15) is 5.75 Å². The molecular weight excluding hydrogens is 278 g/mol. The maximum atomic E-state index is 11.4. The highest BCUT2D eigenvalue weighted by Gasteiger charge is 2.15. The first-order valence-corrected chi connectivity index (χ1v) is 7.48. The van der Waals surface area contributed by atoms with Crippen molar-refractivity contribution in [2.75, 3.05) is 6.61 Å². The smallest absolute Gasteiger partial charge is 0.337 e. The lowest BCUT2D eigenvalue weighted by molar-refractivity contribution is 0.0695. The van der Waals surface area contributed by atoms with E-state index < -0.39 is 5.97 Å². The van der Waals surface area contributed by atoms with E-state index in [0.29, 0.717) is 24.6 Å². The molecule has 2 rings (SSSR count). The monoisotopic (exact) mass is 299 g/mol. The van der Waals surface area contributed by atoms with E-state index in [4.69, 9.17) is 4.74 Å². The van der Waals surface area contributed by atoms with Crippen molar-refractivity contribution in [3.8, 4) is 17.0 Å². The van der Waals surface area contributed by atoms with Gasteiger partial charge < -0.3 is 9.84 Å². The molecule has 1 heterocycles. The third-order valence-corrected chi connectivity index (χ3v) is 3.27. The molecule has 0 atom stereocenters. The lowest BCUT2D eigenvalue weighted by Gasteiger charge is -2.13. The minimum Gasteiger partial charge on any atom is -0.493 e. The van der Waals surface area contributed by atoms with Crippen LogP contribution in [0.25, 0.3) is 11.3 Å². The number of hydrogen-bond acceptors (Lipinski definition) is 3. The molecule has 1 N–H and O–H groups in total. The van der Waals surface area contributed by atoms with Crippen molar-refractivity contribution in [2.45, 2.75) is 27.2 Å². The zero-order chi connectivity index (χ0) is 16.1. The highest BCUT2D eigenvalue weighted by atomic mass is 16.5. The molecule has 0 fully saturated rings. The Morgan fingerprint density at radius 2 is 1.95 bits per heavy atom. The maximum absolute atomic E-state index is 11.4. The van der Waals surface area contributed by atoms with Crippen LogP contribution in [-0.2, 0) is 6.42 Å². The second-order valence-electron chi connectivity index (χ2n) is 5.52. The number of para-hydroxylation sites is 1. The van der Waals surface area contributed by atoms with Gasteiger partial charge in [-0.1, -0.05) is 26.0 Å². The summed E-state index contributed by atoms with van der Waals surface area (Å²) in [4.78, 5) is 15.9. The topological polar surface area (TPSA) is 59.4 Å². The van der Waals surface area contributed by atoms with E-state index >= 15 is 0 Å². The maximum Gasteiger partial charge on any atom is 0.337 e. The number of aromatic carboxylic acids is 1. The third-order valence-electron chi connectivity index (χ3n) is 3.27. The molecule has 4 nitrogen and oxygen atoms in total. The van der Waals surface area contributed by atoms with Gasteiger partial charge in [-0.25, -0.2) is 4.79 Å². The third kappa shape index (κ3) is 3.64. The summed E-state index contributed by atoms with van der Waals surface area (Å²) in [5, 5.41) is 9.31. The number of pyridine rings is 1. The van der Waals surface area contributed by atoms with Gasteiger partial charge in [0.2, 0.25) is 0 Å². The number of ether oxygens (including phenoxy) is 1. The van der Waals surface area contributed by atoms with E-state index in [9.17, 15) is 9.90 Å². The molecule has 22 heavy (non-hydrogen) atoms. The van der Waals surface area contributed by atoms with Crippen molar-refractivity contribution in [2.24, 2.45) is 5.92 Å². The second-order valence-corrected chi connectivity index (χ2v) is 5.52. The lowest BCUT2D eigenvalue weighted by Crippen LogP contribution is -2.08. The molecule has 0 amide bonds. The normalized spacial score (nSPS) is 10.7. The summed E-state index contributed by atoms with van der Waals surface area (Å²) in [6, 6.07) is 11.0. The first-order chi connectivity index (χ1) is 10.5. The van der Waals surface area contributed by atoms with E-state index in [1.54, 1.807) is 12.1 Å². The van der Waals surface area contributed by atoms with Gasteiger partial charge in [-0.2, -0.15) is 0 Å². The molecule has 0 saturated heterocycles. The van der Waals surface area contributed by atoms with Crippen LogP contribution < -0.4 is 4.74 Å². The fourth-order valence-corrected chi connectivity index (χ4v) is 2.35. The molecule has 4 heteroatoms. The van der Waals surface area contributed by atoms with Crippen LogP contribution in [-0.4, -0.2) is 22.7 Å². The molecule has 0 saturated carbocycles. The van der Waals surface area contributed by atoms with Crippen molar-refractivity contribution in [1.82, 2.24) is 4.98 Å². The van der Waals surface area contributed by atoms with E-state index in [-0.39, 0.29) is 5.56 Å². The van der Waals surface area contributed by atoms with Crippen molar-refractivity contribution in [3.05, 3.63) is 47.7 Å². The largest absolute Gasteiger partial charge is 0.493 e. The van der Waals surface area contributed by atoms with Gasteiger partial charge in [-0.15, -0.1) is 0 Å². The zero-order valence-corrected chi connectivity index (χ0v) is 13.2. The van der Waals surface area contributed by atoms with Crippen LogP contribution >= 0.6 is 0 Å². The molecule has 1 aromatic carbocycles. The average molecular weight is 299 g/mol. The molecule has 0 aliphatic rings. The fraction of sp³-hybridized carbons (Fsp3) is 0.333. The molecule has 0 radical (unpaired) electrons. The van der Waals surface area contributed by atoms with Crippen LogP contribution in [0.4, 0.5) is 0 Å². The van der Waals surface area contributed by atoms with Crippen molar-refractivity contribution < 1.29 is 14.6 Å². The highest BCUT2D eigenvalue weighted by molar-refractivity contribution is 5.89. The number of rotatable bonds is 6. The predicted molar refractivity (Wildman–Crippen MR) is 86.3 cm³/mol. The van der Waals surface area contributed by atoms with E-state index in [1.165, 1.54) is 0 Å². The molecule has 2 aromatic rings. The quantitative estimate of drug-likeness (QED) is 0.874. The number of nitrogens with zero attached hydrogens (tertiary/aromatic N) is 1. The average Bonchev–Trinajstić information content (AvgIpc) is 2.47. The molecule has 0 aliphatic carbocycles. The van der Waals surface area contributed by atoms with Gasteiger partial charge in [-0.3, -0.25) is 4.98 Å². The minimum absolute atomic E-state index is 0.270. The number of hydrogen-bond donors (Lipinski definition) is 1. The Hall–Kier alpha value is -2.36. The Labute approximate surface area is 130 Å². The van der Waals surface area contributed by atoms with Crippen molar-refractivity contribution >= 4 is 5.97 Å². The predicted octanol–water partition coefficient (Wildman–Crippen LogP) is 4.04. The Morgan fingerprint density at radius 3 is 2.59 bits per heavy atom. The molecular formula is C18H21NO3. The number of carboxylic acids is 1. The van der Waals surface area contributed by atoms with Crippen LogP contribution in [0.15, 0.2) is 36.4 Å². The minimum atomic E-state index is -0.937. The Balaban J connectivity index is 2.51. The Bertz CT molecular complexity index is 665. The van der Waals surface area contributed by atoms with E-state index in [2.05, 4.69) is 4.98 Å². The van der Waals surface area contributed by atoms with Crippen LogP contribution in [0, 0.1) is 5.92 Å². The highest BCUT2D eigenvalue weighted by Crippen LogP contribution is 2.29. The zero-order valence-electron chi connectivity index (χ0n) is 13.2. The molecule has 0 aliphatic heterocycles. The summed E-state index contributed by atoms with van der Waals surface area (Å²) in [5.74, 6) is 0.159. The summed E-state index contributed by atoms with van der Waals surface area (Å²) in [6.07, 6.45) is 0.631. The molecule has 0 spiro atoms. The fourth-order valence-electron chi connectivity index (χ4n) is 2.35. The summed E-state index contributed by atoms with van der Waals surface area (Å²) in [6.45, 7) is 6.60. The standard InChI is InChI=1S/C18H21NO3/c1-4-22-17-8-6-5-7-13(17)15-10-9-14(18(20)21)16(19-15)11-12(2)3/h5-10,12H,4,11H2,1-3H3,(H,20,21). The Kier molecular flexibility index (Phi) is 5.15. The number of benzene rings is 1. The number of carboxylic acid groups (broad SMARTS) is 1. The first kappa shape index (κ1) is 16.0. The van der Waals surface area contributed by atoms with Gasteiger partial charge >= 0.3 is 5.97 Å². The summed E-state index contributed by atoms with van der Waals surface area (Å²) in [5.41, 5.74) is 2.51. The van der Waals surface area contributed by atoms with Crippen molar-refractivity contribution in [3.63, 3.8) is 0 Å². The van der Waals surface area contributed by atoms with Crippen LogP contribution in [0.5, 0.6) is 5.75 Å². The van der Waals surface area contributed by atoms with Crippen LogP contribution in [0.3, 0.4) is 0 Å². The second kappa shape index (κ2) is 7.07. The van der Waals surface area contributed by atoms with Gasteiger partial charge in [0.25, 0.3) is 0 Å². The van der Waals surface area contributed by atoms with Gasteiger partial charge in [-0.05, 0) is 43.5 Å². The Morgan fingerprint density at radius 1 is 1.23 bits per heavy atom. The molecule has 1 aromatic heterocycles.